The quantitative estimate of drug-likeness (QED) is 0.775. The maximum Gasteiger partial charge on any atom is 0.239 e. The van der Waals surface area contributed by atoms with Gasteiger partial charge in [-0.1, -0.05) is 24.4 Å². The van der Waals surface area contributed by atoms with Crippen LogP contribution in [0.15, 0.2) is 24.3 Å². The maximum atomic E-state index is 13.1. The van der Waals surface area contributed by atoms with E-state index in [0.29, 0.717) is 0 Å². The summed E-state index contributed by atoms with van der Waals surface area (Å²) in [5.41, 5.74) is 4.97. The summed E-state index contributed by atoms with van der Waals surface area (Å²) in [6.45, 7) is 0. The number of benzene rings is 1. The molecule has 0 unspecified atom stereocenters. The van der Waals surface area contributed by atoms with Crippen LogP contribution >= 0.6 is 12.2 Å². The number of thiocarbonyl (C=S) groups is 1. The molecule has 0 aromatic heterocycles. The smallest absolute Gasteiger partial charge is 0.239 e. The fraction of sp³-hybridized carbons (Fsp3) is 0.125. The Morgan fingerprint density at radius 2 is 2.07 bits per heavy atom. The lowest BCUT2D eigenvalue weighted by molar-refractivity contribution is 0.602. The molecule has 1 aromatic rings. The van der Waals surface area contributed by atoms with Crippen molar-refractivity contribution in [3.63, 3.8) is 0 Å². The lowest BCUT2D eigenvalue weighted by atomic mass is 10.3. The highest BCUT2D eigenvalue weighted by atomic mass is 32.2. The Morgan fingerprint density at radius 1 is 1.47 bits per heavy atom. The summed E-state index contributed by atoms with van der Waals surface area (Å²) in [5.74, 6) is -1.15. The van der Waals surface area contributed by atoms with Crippen molar-refractivity contribution in [2.45, 2.75) is 0 Å². The predicted octanol–water partition coefficient (Wildman–Crippen LogP) is 0.853. The van der Waals surface area contributed by atoms with Crippen LogP contribution in [-0.4, -0.2) is 19.2 Å². The monoisotopic (exact) mass is 248 g/mol. The van der Waals surface area contributed by atoms with Gasteiger partial charge in [0.25, 0.3) is 0 Å². The van der Waals surface area contributed by atoms with Crippen LogP contribution in [0.5, 0.6) is 0 Å². The van der Waals surface area contributed by atoms with Gasteiger partial charge in [-0.25, -0.2) is 12.8 Å². The Morgan fingerprint density at radius 3 is 2.60 bits per heavy atom. The number of sulfonamides is 1. The van der Waals surface area contributed by atoms with E-state index in [-0.39, 0.29) is 10.7 Å². The topological polar surface area (TPSA) is 72.2 Å². The summed E-state index contributed by atoms with van der Waals surface area (Å²) in [6.07, 6.45) is 0. The van der Waals surface area contributed by atoms with E-state index < -0.39 is 21.6 Å². The lowest BCUT2D eigenvalue weighted by Crippen LogP contribution is -2.26. The summed E-state index contributed by atoms with van der Waals surface area (Å²) in [5, 5.41) is 0. The number of halogens is 1. The molecule has 0 heterocycles. The molecule has 15 heavy (non-hydrogen) atoms. The minimum Gasteiger partial charge on any atom is -0.392 e. The third-order valence-electron chi connectivity index (χ3n) is 1.47. The average Bonchev–Trinajstić information content (AvgIpc) is 2.06. The van der Waals surface area contributed by atoms with Crippen molar-refractivity contribution in [1.29, 1.82) is 0 Å². The van der Waals surface area contributed by atoms with Crippen molar-refractivity contribution in [2.75, 3.05) is 10.5 Å². The molecule has 0 bridgehead atoms. The first-order valence-electron chi connectivity index (χ1n) is 3.94. The van der Waals surface area contributed by atoms with Crippen LogP contribution in [0.25, 0.3) is 0 Å². The van der Waals surface area contributed by atoms with Gasteiger partial charge in [0.1, 0.15) is 11.6 Å². The molecule has 1 aromatic carbocycles. The minimum absolute atomic E-state index is 0.117. The van der Waals surface area contributed by atoms with Crippen molar-refractivity contribution in [1.82, 2.24) is 0 Å². The predicted molar refractivity (Wildman–Crippen MR) is 60.6 cm³/mol. The maximum absolute atomic E-state index is 13.1. The van der Waals surface area contributed by atoms with Crippen molar-refractivity contribution >= 4 is 32.9 Å². The van der Waals surface area contributed by atoms with Crippen LogP contribution in [0, 0.1) is 5.82 Å². The van der Waals surface area contributed by atoms with E-state index >= 15 is 0 Å². The fourth-order valence-corrected chi connectivity index (χ4v) is 2.35. The van der Waals surface area contributed by atoms with Crippen molar-refractivity contribution in [3.8, 4) is 0 Å². The van der Waals surface area contributed by atoms with Gasteiger partial charge in [0.2, 0.25) is 10.0 Å². The molecular formula is C8H9FN2O2S2. The van der Waals surface area contributed by atoms with Crippen molar-refractivity contribution in [2.24, 2.45) is 5.73 Å². The number of nitrogens with two attached hydrogens (primary N) is 1. The zero-order chi connectivity index (χ0) is 11.5. The molecule has 7 heteroatoms. The number of anilines is 1. The molecule has 3 N–H and O–H groups in total. The zero-order valence-corrected chi connectivity index (χ0v) is 9.24. The first-order valence-corrected chi connectivity index (χ1v) is 6.00. The average molecular weight is 248 g/mol. The third kappa shape index (κ3) is 3.80. The van der Waals surface area contributed by atoms with E-state index in [1.54, 1.807) is 0 Å². The molecule has 0 saturated carbocycles. The van der Waals surface area contributed by atoms with Gasteiger partial charge in [0, 0.05) is 0 Å². The normalized spacial score (nSPS) is 11.0. The van der Waals surface area contributed by atoms with Crippen LogP contribution < -0.4 is 10.5 Å². The van der Waals surface area contributed by atoms with E-state index in [2.05, 4.69) is 12.2 Å². The molecule has 0 aliphatic rings. The SMILES string of the molecule is NC(=S)CS(=O)(=O)Nc1ccccc1F. The Labute approximate surface area is 92.3 Å². The fourth-order valence-electron chi connectivity index (χ4n) is 0.935. The highest BCUT2D eigenvalue weighted by molar-refractivity contribution is 7.95. The molecule has 4 nitrogen and oxygen atoms in total. The number of nitrogens with one attached hydrogen (secondary N) is 1. The second-order valence-corrected chi connectivity index (χ2v) is 5.05. The van der Waals surface area contributed by atoms with Gasteiger partial charge < -0.3 is 5.73 Å². The lowest BCUT2D eigenvalue weighted by Gasteiger charge is -2.07. The van der Waals surface area contributed by atoms with E-state index in [1.807, 2.05) is 4.72 Å². The molecule has 0 saturated heterocycles. The first kappa shape index (κ1) is 11.9. The molecule has 0 amide bonds. The minimum atomic E-state index is -3.71. The molecule has 82 valence electrons. The van der Waals surface area contributed by atoms with Crippen molar-refractivity contribution < 1.29 is 12.8 Å². The molecule has 1 rings (SSSR count). The Hall–Kier alpha value is -1.21. The second kappa shape index (κ2) is 4.54. The van der Waals surface area contributed by atoms with Crippen LogP contribution in [0.4, 0.5) is 10.1 Å². The number of para-hydroxylation sites is 1. The van der Waals surface area contributed by atoms with Gasteiger partial charge in [-0.05, 0) is 12.1 Å². The molecule has 0 fully saturated rings. The van der Waals surface area contributed by atoms with E-state index in [0.717, 1.165) is 6.07 Å². The molecule has 0 atom stereocenters. The highest BCUT2D eigenvalue weighted by Gasteiger charge is 2.13. The number of rotatable bonds is 4. The standard InChI is InChI=1S/C8H9FN2O2S2/c9-6-3-1-2-4-7(6)11-15(12,13)5-8(10)14/h1-4,11H,5H2,(H2,10,14). The van der Waals surface area contributed by atoms with E-state index in [4.69, 9.17) is 5.73 Å². The van der Waals surface area contributed by atoms with Gasteiger partial charge in [-0.15, -0.1) is 0 Å². The Balaban J connectivity index is 2.87. The van der Waals surface area contributed by atoms with E-state index in [1.165, 1.54) is 18.2 Å². The van der Waals surface area contributed by atoms with Crippen LogP contribution in [0.1, 0.15) is 0 Å². The third-order valence-corrected chi connectivity index (χ3v) is 3.02. The number of hydrogen-bond donors (Lipinski definition) is 2. The number of hydrogen-bond acceptors (Lipinski definition) is 3. The van der Waals surface area contributed by atoms with Crippen LogP contribution in [0.3, 0.4) is 0 Å². The summed E-state index contributed by atoms with van der Waals surface area (Å²) in [4.78, 5) is -0.168. The zero-order valence-electron chi connectivity index (χ0n) is 7.60. The summed E-state index contributed by atoms with van der Waals surface area (Å²) in [7, 11) is -3.71. The second-order valence-electron chi connectivity index (χ2n) is 2.81. The summed E-state index contributed by atoms with van der Waals surface area (Å²) >= 11 is 4.46. The van der Waals surface area contributed by atoms with Crippen LogP contribution in [-0.2, 0) is 10.0 Å². The molecule has 0 spiro atoms. The van der Waals surface area contributed by atoms with Gasteiger partial charge >= 0.3 is 0 Å². The Kier molecular flexibility index (Phi) is 3.59. The summed E-state index contributed by atoms with van der Waals surface area (Å²) in [6, 6.07) is 5.44. The Bertz CT molecular complexity index is 473. The van der Waals surface area contributed by atoms with E-state index in [9.17, 15) is 12.8 Å². The van der Waals surface area contributed by atoms with Gasteiger partial charge in [0.15, 0.2) is 0 Å². The molecular weight excluding hydrogens is 239 g/mol. The molecule has 0 aliphatic carbocycles. The first-order chi connectivity index (χ1) is 6.91. The van der Waals surface area contributed by atoms with Crippen LogP contribution in [0.2, 0.25) is 0 Å². The van der Waals surface area contributed by atoms with Gasteiger partial charge in [-0.3, -0.25) is 4.72 Å². The molecule has 0 aliphatic heterocycles. The van der Waals surface area contributed by atoms with Gasteiger partial charge in [-0.2, -0.15) is 0 Å². The van der Waals surface area contributed by atoms with Crippen molar-refractivity contribution in [3.05, 3.63) is 30.1 Å². The largest absolute Gasteiger partial charge is 0.392 e. The summed E-state index contributed by atoms with van der Waals surface area (Å²) < 4.78 is 37.7. The molecule has 0 radical (unpaired) electrons. The van der Waals surface area contributed by atoms with Gasteiger partial charge in [0.05, 0.1) is 10.7 Å². The highest BCUT2D eigenvalue weighted by Crippen LogP contribution is 2.13.